The quantitative estimate of drug-likeness (QED) is 0.792. The fraction of sp³-hybridized carbons (Fsp3) is 0.609. The first-order valence-electron chi connectivity index (χ1n) is 10.5. The molecule has 1 aromatic carbocycles. The van der Waals surface area contributed by atoms with Gasteiger partial charge in [0.15, 0.2) is 0 Å². The van der Waals surface area contributed by atoms with Crippen molar-refractivity contribution in [3.63, 3.8) is 0 Å². The highest BCUT2D eigenvalue weighted by molar-refractivity contribution is 5.21. The smallest absolute Gasteiger partial charge is 0.137 e. The first-order valence-corrected chi connectivity index (χ1v) is 10.5. The third kappa shape index (κ3) is 4.44. The minimum atomic E-state index is 0.490. The SMILES string of the molecule is Cc1noc(C)c1CCN1CCCC2(CCCN(Cc3ccccc3)C2)C1. The lowest BCUT2D eigenvalue weighted by Crippen LogP contribution is -2.52. The van der Waals surface area contributed by atoms with Gasteiger partial charge in [0.1, 0.15) is 5.76 Å². The van der Waals surface area contributed by atoms with Crippen LogP contribution in [0.3, 0.4) is 0 Å². The summed E-state index contributed by atoms with van der Waals surface area (Å²) in [7, 11) is 0. The summed E-state index contributed by atoms with van der Waals surface area (Å²) >= 11 is 0. The second-order valence-electron chi connectivity index (χ2n) is 8.73. The van der Waals surface area contributed by atoms with Gasteiger partial charge in [0.05, 0.1) is 5.69 Å². The number of hydrogen-bond acceptors (Lipinski definition) is 4. The zero-order chi connectivity index (χ0) is 18.7. The van der Waals surface area contributed by atoms with Gasteiger partial charge in [-0.15, -0.1) is 0 Å². The van der Waals surface area contributed by atoms with Gasteiger partial charge < -0.3 is 9.42 Å². The number of aromatic nitrogens is 1. The summed E-state index contributed by atoms with van der Waals surface area (Å²) < 4.78 is 5.34. The van der Waals surface area contributed by atoms with Crippen LogP contribution in [0, 0.1) is 19.3 Å². The Morgan fingerprint density at radius 2 is 1.70 bits per heavy atom. The van der Waals surface area contributed by atoms with Gasteiger partial charge in [-0.3, -0.25) is 4.90 Å². The molecule has 0 aliphatic carbocycles. The van der Waals surface area contributed by atoms with Crippen LogP contribution in [-0.2, 0) is 13.0 Å². The molecule has 2 fully saturated rings. The zero-order valence-electron chi connectivity index (χ0n) is 16.9. The molecule has 1 aromatic heterocycles. The highest BCUT2D eigenvalue weighted by Gasteiger charge is 2.38. The Hall–Kier alpha value is -1.65. The Morgan fingerprint density at radius 1 is 1.00 bits per heavy atom. The van der Waals surface area contributed by atoms with E-state index in [1.165, 1.54) is 63.0 Å². The first-order chi connectivity index (χ1) is 13.1. The molecule has 0 saturated carbocycles. The Bertz CT molecular complexity index is 718. The highest BCUT2D eigenvalue weighted by Crippen LogP contribution is 2.39. The lowest BCUT2D eigenvalue weighted by atomic mass is 9.73. The van der Waals surface area contributed by atoms with Crippen LogP contribution in [-0.4, -0.2) is 47.7 Å². The van der Waals surface area contributed by atoms with Crippen LogP contribution in [0.25, 0.3) is 0 Å². The van der Waals surface area contributed by atoms with Crippen molar-refractivity contribution in [3.05, 3.63) is 52.9 Å². The molecule has 146 valence electrons. The second kappa shape index (κ2) is 8.15. The largest absolute Gasteiger partial charge is 0.361 e. The summed E-state index contributed by atoms with van der Waals surface area (Å²) in [5, 5.41) is 4.11. The lowest BCUT2D eigenvalue weighted by Gasteiger charge is -2.48. The maximum atomic E-state index is 5.34. The maximum absolute atomic E-state index is 5.34. The normalized spacial score (nSPS) is 24.5. The number of rotatable bonds is 5. The van der Waals surface area contributed by atoms with Crippen molar-refractivity contribution in [2.45, 2.75) is 52.5 Å². The van der Waals surface area contributed by atoms with Gasteiger partial charge in [0.2, 0.25) is 0 Å². The Labute approximate surface area is 163 Å². The van der Waals surface area contributed by atoms with E-state index in [0.717, 1.165) is 31.0 Å². The summed E-state index contributed by atoms with van der Waals surface area (Å²) in [5.74, 6) is 0.992. The summed E-state index contributed by atoms with van der Waals surface area (Å²) in [6.45, 7) is 11.3. The van der Waals surface area contributed by atoms with Crippen molar-refractivity contribution >= 4 is 0 Å². The summed E-state index contributed by atoms with van der Waals surface area (Å²) in [5.41, 5.74) is 4.31. The molecule has 4 rings (SSSR count). The molecule has 2 aliphatic heterocycles. The topological polar surface area (TPSA) is 32.5 Å². The third-order valence-corrected chi connectivity index (χ3v) is 6.59. The molecule has 2 saturated heterocycles. The predicted octanol–water partition coefficient (Wildman–Crippen LogP) is 4.21. The first kappa shape index (κ1) is 18.7. The average Bonchev–Trinajstić information content (AvgIpc) is 2.99. The number of likely N-dealkylation sites (tertiary alicyclic amines) is 2. The fourth-order valence-corrected chi connectivity index (χ4v) is 5.25. The van der Waals surface area contributed by atoms with Crippen LogP contribution < -0.4 is 0 Å². The zero-order valence-corrected chi connectivity index (χ0v) is 16.9. The minimum absolute atomic E-state index is 0.490. The van der Waals surface area contributed by atoms with E-state index in [1.807, 2.05) is 6.92 Å². The van der Waals surface area contributed by atoms with E-state index in [1.54, 1.807) is 0 Å². The monoisotopic (exact) mass is 367 g/mol. The van der Waals surface area contributed by atoms with Gasteiger partial charge in [-0.2, -0.15) is 0 Å². The van der Waals surface area contributed by atoms with E-state index in [2.05, 4.69) is 52.2 Å². The molecule has 0 N–H and O–H groups in total. The van der Waals surface area contributed by atoms with E-state index in [9.17, 15) is 0 Å². The molecule has 1 atom stereocenters. The van der Waals surface area contributed by atoms with Gasteiger partial charge >= 0.3 is 0 Å². The van der Waals surface area contributed by atoms with E-state index in [4.69, 9.17) is 4.52 Å². The molecule has 2 aliphatic rings. The molecular weight excluding hydrogens is 334 g/mol. The standard InChI is InChI=1S/C23H33N3O/c1-19-22(20(2)27-24-19)10-15-25-13-6-11-23(17-25)12-7-14-26(18-23)16-21-8-4-3-5-9-21/h3-5,8-9H,6-7,10-18H2,1-2H3. The van der Waals surface area contributed by atoms with Crippen molar-refractivity contribution in [2.24, 2.45) is 5.41 Å². The van der Waals surface area contributed by atoms with E-state index >= 15 is 0 Å². The molecule has 0 radical (unpaired) electrons. The Morgan fingerprint density at radius 3 is 2.41 bits per heavy atom. The van der Waals surface area contributed by atoms with E-state index in [0.29, 0.717) is 5.41 Å². The van der Waals surface area contributed by atoms with Crippen molar-refractivity contribution in [3.8, 4) is 0 Å². The molecule has 3 heterocycles. The highest BCUT2D eigenvalue weighted by atomic mass is 16.5. The molecule has 4 nitrogen and oxygen atoms in total. The van der Waals surface area contributed by atoms with Gasteiger partial charge in [0.25, 0.3) is 0 Å². The molecule has 1 spiro atoms. The number of hydrogen-bond donors (Lipinski definition) is 0. The molecule has 2 aromatic rings. The molecule has 0 bridgehead atoms. The molecule has 0 amide bonds. The van der Waals surface area contributed by atoms with Crippen LogP contribution in [0.15, 0.2) is 34.9 Å². The van der Waals surface area contributed by atoms with Crippen molar-refractivity contribution in [1.29, 1.82) is 0 Å². The Kier molecular flexibility index (Phi) is 5.65. The van der Waals surface area contributed by atoms with Crippen LogP contribution in [0.4, 0.5) is 0 Å². The predicted molar refractivity (Wildman–Crippen MR) is 109 cm³/mol. The number of nitrogens with zero attached hydrogens (tertiary/aromatic N) is 3. The number of piperidine rings is 2. The molecule has 1 unspecified atom stereocenters. The number of benzene rings is 1. The summed E-state index contributed by atoms with van der Waals surface area (Å²) in [4.78, 5) is 5.39. The van der Waals surface area contributed by atoms with Crippen LogP contribution >= 0.6 is 0 Å². The van der Waals surface area contributed by atoms with E-state index in [-0.39, 0.29) is 0 Å². The van der Waals surface area contributed by atoms with Gasteiger partial charge in [-0.1, -0.05) is 35.5 Å². The van der Waals surface area contributed by atoms with Crippen molar-refractivity contribution < 1.29 is 4.52 Å². The van der Waals surface area contributed by atoms with E-state index < -0.39 is 0 Å². The minimum Gasteiger partial charge on any atom is -0.361 e. The van der Waals surface area contributed by atoms with Crippen molar-refractivity contribution in [1.82, 2.24) is 15.0 Å². The van der Waals surface area contributed by atoms with Crippen LogP contribution in [0.5, 0.6) is 0 Å². The maximum Gasteiger partial charge on any atom is 0.137 e. The van der Waals surface area contributed by atoms with Gasteiger partial charge in [-0.05, 0) is 70.0 Å². The molecule has 27 heavy (non-hydrogen) atoms. The van der Waals surface area contributed by atoms with Gasteiger partial charge in [-0.25, -0.2) is 0 Å². The van der Waals surface area contributed by atoms with Gasteiger partial charge in [0, 0.05) is 31.7 Å². The third-order valence-electron chi connectivity index (χ3n) is 6.59. The van der Waals surface area contributed by atoms with Crippen LogP contribution in [0.1, 0.15) is 48.3 Å². The molecule has 4 heteroatoms. The van der Waals surface area contributed by atoms with Crippen molar-refractivity contribution in [2.75, 3.05) is 32.7 Å². The molecular formula is C23H33N3O. The summed E-state index contributed by atoms with van der Waals surface area (Å²) in [6, 6.07) is 11.0. The number of aryl methyl sites for hydroxylation is 2. The fourth-order valence-electron chi connectivity index (χ4n) is 5.25. The second-order valence-corrected chi connectivity index (χ2v) is 8.73. The van der Waals surface area contributed by atoms with Crippen LogP contribution in [0.2, 0.25) is 0 Å². The lowest BCUT2D eigenvalue weighted by molar-refractivity contribution is 0.0110. The Balaban J connectivity index is 1.36. The average molecular weight is 368 g/mol. The summed E-state index contributed by atoms with van der Waals surface area (Å²) in [6.07, 6.45) is 6.51.